The van der Waals surface area contributed by atoms with Gasteiger partial charge in [0.1, 0.15) is 5.82 Å². The van der Waals surface area contributed by atoms with E-state index in [0.29, 0.717) is 6.54 Å². The molecule has 0 atom stereocenters. The molecule has 1 aromatic heterocycles. The van der Waals surface area contributed by atoms with Gasteiger partial charge in [-0.1, -0.05) is 55.7 Å². The van der Waals surface area contributed by atoms with Gasteiger partial charge in [-0.2, -0.15) is 0 Å². The Labute approximate surface area is 183 Å². The highest BCUT2D eigenvalue weighted by atomic mass is 19.1. The minimum absolute atomic E-state index is 0.169. The van der Waals surface area contributed by atoms with E-state index < -0.39 is 5.82 Å². The van der Waals surface area contributed by atoms with Crippen LogP contribution in [0.2, 0.25) is 0 Å². The lowest BCUT2D eigenvalue weighted by Gasteiger charge is -2.34. The average molecular weight is 420 g/mol. The fraction of sp³-hybridized carbons (Fsp3) is 0.346. The molecule has 0 saturated heterocycles. The van der Waals surface area contributed by atoms with Gasteiger partial charge in [0.15, 0.2) is 0 Å². The number of hydrogen-bond acceptors (Lipinski definition) is 1. The summed E-state index contributed by atoms with van der Waals surface area (Å²) in [5.74, 6) is -0.414. The lowest BCUT2D eigenvalue weighted by Crippen LogP contribution is -2.43. The lowest BCUT2D eigenvalue weighted by molar-refractivity contribution is 0.161. The highest BCUT2D eigenvalue weighted by Gasteiger charge is 2.27. The maximum absolute atomic E-state index is 14.1. The fourth-order valence-corrected chi connectivity index (χ4v) is 4.40. The zero-order valence-electron chi connectivity index (χ0n) is 18.1. The molecule has 5 heteroatoms. The van der Waals surface area contributed by atoms with Crippen molar-refractivity contribution in [3.63, 3.8) is 0 Å². The number of nitrogens with one attached hydrogen (secondary N) is 1. The molecule has 3 aromatic rings. The molecular weight excluding hydrogens is 389 g/mol. The Hall–Kier alpha value is -3.08. The molecule has 1 aliphatic rings. The molecular formula is C26H30FN3O. The molecule has 4 nitrogen and oxygen atoms in total. The van der Waals surface area contributed by atoms with Gasteiger partial charge in [0.05, 0.1) is 12.2 Å². The fourth-order valence-electron chi connectivity index (χ4n) is 4.40. The van der Waals surface area contributed by atoms with Crippen molar-refractivity contribution in [3.05, 3.63) is 89.5 Å². The largest absolute Gasteiger partial charge is 0.345 e. The molecule has 162 valence electrons. The minimum Gasteiger partial charge on any atom is -0.345 e. The molecule has 31 heavy (non-hydrogen) atoms. The summed E-state index contributed by atoms with van der Waals surface area (Å²) in [5.41, 5.74) is 3.82. The SMILES string of the molecule is Cc1ccccc1Cn1cccc1CN(C(=O)Nc1ccccc1F)C1CCCCC1. The van der Waals surface area contributed by atoms with Gasteiger partial charge in [0.25, 0.3) is 0 Å². The molecule has 1 heterocycles. The summed E-state index contributed by atoms with van der Waals surface area (Å²) in [7, 11) is 0. The van der Waals surface area contributed by atoms with Crippen LogP contribution in [0.3, 0.4) is 0 Å². The third kappa shape index (κ3) is 5.16. The van der Waals surface area contributed by atoms with Crippen LogP contribution in [0.15, 0.2) is 66.9 Å². The van der Waals surface area contributed by atoms with Gasteiger partial charge in [-0.25, -0.2) is 9.18 Å². The predicted molar refractivity (Wildman–Crippen MR) is 123 cm³/mol. The summed E-state index contributed by atoms with van der Waals surface area (Å²) in [6.07, 6.45) is 7.50. The van der Waals surface area contributed by atoms with Gasteiger partial charge in [-0.3, -0.25) is 0 Å². The zero-order chi connectivity index (χ0) is 21.6. The molecule has 0 radical (unpaired) electrons. The Kier molecular flexibility index (Phi) is 6.70. The maximum Gasteiger partial charge on any atom is 0.322 e. The smallest absolute Gasteiger partial charge is 0.322 e. The van der Waals surface area contributed by atoms with Crippen molar-refractivity contribution < 1.29 is 9.18 Å². The predicted octanol–water partition coefficient (Wildman–Crippen LogP) is 6.35. The number of amides is 2. The molecule has 2 amide bonds. The lowest BCUT2D eigenvalue weighted by atomic mass is 9.94. The number of hydrogen-bond donors (Lipinski definition) is 1. The summed E-state index contributed by atoms with van der Waals surface area (Å²) in [6.45, 7) is 3.39. The van der Waals surface area contributed by atoms with Gasteiger partial charge in [-0.15, -0.1) is 0 Å². The van der Waals surface area contributed by atoms with Crippen LogP contribution in [-0.2, 0) is 13.1 Å². The van der Waals surface area contributed by atoms with Gasteiger partial charge in [-0.05, 0) is 55.2 Å². The van der Waals surface area contributed by atoms with E-state index in [2.05, 4.69) is 47.3 Å². The van der Waals surface area contributed by atoms with Crippen molar-refractivity contribution >= 4 is 11.7 Å². The summed E-state index contributed by atoms with van der Waals surface area (Å²) in [6, 6.07) is 18.7. The highest BCUT2D eigenvalue weighted by molar-refractivity contribution is 5.89. The van der Waals surface area contributed by atoms with E-state index >= 15 is 0 Å². The van der Waals surface area contributed by atoms with Crippen molar-refractivity contribution in [1.29, 1.82) is 0 Å². The highest BCUT2D eigenvalue weighted by Crippen LogP contribution is 2.26. The Balaban J connectivity index is 1.55. The minimum atomic E-state index is -0.414. The first-order valence-electron chi connectivity index (χ1n) is 11.1. The maximum atomic E-state index is 14.1. The second kappa shape index (κ2) is 9.82. The van der Waals surface area contributed by atoms with Crippen LogP contribution < -0.4 is 5.32 Å². The van der Waals surface area contributed by atoms with Crippen molar-refractivity contribution in [1.82, 2.24) is 9.47 Å². The van der Waals surface area contributed by atoms with Crippen LogP contribution in [0.4, 0.5) is 14.9 Å². The molecule has 0 bridgehead atoms. The number of aromatic nitrogens is 1. The van der Waals surface area contributed by atoms with Gasteiger partial charge < -0.3 is 14.8 Å². The molecule has 1 fully saturated rings. The quantitative estimate of drug-likeness (QED) is 0.497. The van der Waals surface area contributed by atoms with E-state index in [0.717, 1.165) is 37.9 Å². The summed E-state index contributed by atoms with van der Waals surface area (Å²) < 4.78 is 16.3. The number of halogens is 1. The number of rotatable bonds is 6. The van der Waals surface area contributed by atoms with E-state index in [1.165, 1.54) is 23.6 Å². The van der Waals surface area contributed by atoms with Gasteiger partial charge in [0.2, 0.25) is 0 Å². The van der Waals surface area contributed by atoms with Crippen LogP contribution >= 0.6 is 0 Å². The molecule has 0 spiro atoms. The Morgan fingerprint density at radius 2 is 1.77 bits per heavy atom. The molecule has 4 rings (SSSR count). The van der Waals surface area contributed by atoms with Gasteiger partial charge >= 0.3 is 6.03 Å². The van der Waals surface area contributed by atoms with E-state index in [4.69, 9.17) is 0 Å². The number of carbonyl (C=O) groups excluding carboxylic acids is 1. The first-order valence-corrected chi connectivity index (χ1v) is 11.1. The normalized spacial score (nSPS) is 14.4. The first kappa shape index (κ1) is 21.2. The number of urea groups is 1. The van der Waals surface area contributed by atoms with Crippen LogP contribution in [0, 0.1) is 12.7 Å². The van der Waals surface area contributed by atoms with Crippen molar-refractivity contribution in [3.8, 4) is 0 Å². The summed E-state index contributed by atoms with van der Waals surface area (Å²) in [4.78, 5) is 15.2. The Bertz CT molecular complexity index is 1020. The number of benzene rings is 2. The van der Waals surface area contributed by atoms with E-state index in [1.807, 2.05) is 17.0 Å². The second-order valence-corrected chi connectivity index (χ2v) is 8.38. The van der Waals surface area contributed by atoms with Crippen LogP contribution in [0.5, 0.6) is 0 Å². The van der Waals surface area contributed by atoms with Crippen molar-refractivity contribution in [2.45, 2.75) is 58.2 Å². The van der Waals surface area contributed by atoms with E-state index in [1.54, 1.807) is 18.2 Å². The molecule has 0 aliphatic heterocycles. The molecule has 1 N–H and O–H groups in total. The summed E-state index contributed by atoms with van der Waals surface area (Å²) >= 11 is 0. The standard InChI is InChI=1S/C26H30FN3O/c1-20-10-5-6-11-21(20)18-29-17-9-14-23(29)19-30(22-12-3-2-4-13-22)26(31)28-25-16-8-7-15-24(25)27/h5-11,14-17,22H,2-4,12-13,18-19H2,1H3,(H,28,31). The zero-order valence-corrected chi connectivity index (χ0v) is 18.1. The first-order chi connectivity index (χ1) is 15.1. The Morgan fingerprint density at radius 3 is 2.55 bits per heavy atom. The topological polar surface area (TPSA) is 37.3 Å². The van der Waals surface area contributed by atoms with Crippen LogP contribution in [0.25, 0.3) is 0 Å². The Morgan fingerprint density at radius 1 is 1.03 bits per heavy atom. The number of anilines is 1. The molecule has 0 unspecified atom stereocenters. The van der Waals surface area contributed by atoms with Crippen LogP contribution in [-0.4, -0.2) is 21.5 Å². The summed E-state index contributed by atoms with van der Waals surface area (Å²) in [5, 5.41) is 2.80. The van der Waals surface area contributed by atoms with Gasteiger partial charge in [0, 0.05) is 24.5 Å². The van der Waals surface area contributed by atoms with Crippen molar-refractivity contribution in [2.24, 2.45) is 0 Å². The molecule has 1 saturated carbocycles. The number of carbonyl (C=O) groups is 1. The van der Waals surface area contributed by atoms with E-state index in [9.17, 15) is 9.18 Å². The molecule has 2 aromatic carbocycles. The monoisotopic (exact) mass is 419 g/mol. The van der Waals surface area contributed by atoms with Crippen molar-refractivity contribution in [2.75, 3.05) is 5.32 Å². The number of aryl methyl sites for hydroxylation is 1. The third-order valence-electron chi connectivity index (χ3n) is 6.25. The third-order valence-corrected chi connectivity index (χ3v) is 6.25. The average Bonchev–Trinajstić information content (AvgIpc) is 3.22. The molecule has 1 aliphatic carbocycles. The van der Waals surface area contributed by atoms with E-state index in [-0.39, 0.29) is 17.8 Å². The number of nitrogens with zero attached hydrogens (tertiary/aromatic N) is 2. The number of para-hydroxylation sites is 1. The second-order valence-electron chi connectivity index (χ2n) is 8.38. The van der Waals surface area contributed by atoms with Crippen LogP contribution in [0.1, 0.15) is 48.9 Å².